The monoisotopic (exact) mass is 399 g/mol. The Morgan fingerprint density at radius 1 is 1.36 bits per heavy atom. The molecule has 0 bridgehead atoms. The van der Waals surface area contributed by atoms with Crippen LogP contribution in [0.5, 0.6) is 0 Å². The highest BCUT2D eigenvalue weighted by molar-refractivity contribution is 7.99. The molecule has 0 spiro atoms. The quantitative estimate of drug-likeness (QED) is 0.367. The van der Waals surface area contributed by atoms with E-state index in [9.17, 15) is 14.9 Å². The van der Waals surface area contributed by atoms with Crippen LogP contribution in [0.1, 0.15) is 55.2 Å². The number of nitrogens with zero attached hydrogens (tertiary/aromatic N) is 3. The van der Waals surface area contributed by atoms with Crippen molar-refractivity contribution < 1.29 is 9.72 Å². The maximum absolute atomic E-state index is 13.1. The number of benzene rings is 1. The molecule has 1 atom stereocenters. The number of pyridine rings is 1. The van der Waals surface area contributed by atoms with Gasteiger partial charge in [-0.25, -0.2) is 0 Å². The van der Waals surface area contributed by atoms with Crippen LogP contribution in [0.3, 0.4) is 0 Å². The summed E-state index contributed by atoms with van der Waals surface area (Å²) in [7, 11) is 0. The third-order valence-electron chi connectivity index (χ3n) is 4.90. The first-order chi connectivity index (χ1) is 13.5. The van der Waals surface area contributed by atoms with Gasteiger partial charge in [0.05, 0.1) is 21.6 Å². The van der Waals surface area contributed by atoms with Gasteiger partial charge in [-0.2, -0.15) is 0 Å². The molecule has 1 unspecified atom stereocenters. The van der Waals surface area contributed by atoms with E-state index in [2.05, 4.69) is 18.8 Å². The summed E-state index contributed by atoms with van der Waals surface area (Å²) in [5, 5.41) is 11.6. The van der Waals surface area contributed by atoms with Crippen molar-refractivity contribution >= 4 is 23.4 Å². The molecular weight excluding hydrogens is 374 g/mol. The van der Waals surface area contributed by atoms with Gasteiger partial charge in [-0.1, -0.05) is 19.9 Å². The van der Waals surface area contributed by atoms with Crippen LogP contribution in [0.15, 0.2) is 47.5 Å². The number of aromatic nitrogens is 1. The summed E-state index contributed by atoms with van der Waals surface area (Å²) in [6.45, 7) is 4.90. The lowest BCUT2D eigenvalue weighted by atomic mass is 10.1. The van der Waals surface area contributed by atoms with Gasteiger partial charge in [0.1, 0.15) is 0 Å². The van der Waals surface area contributed by atoms with Gasteiger partial charge in [0.15, 0.2) is 0 Å². The molecule has 6 nitrogen and oxygen atoms in total. The van der Waals surface area contributed by atoms with E-state index in [4.69, 9.17) is 0 Å². The van der Waals surface area contributed by atoms with Crippen molar-refractivity contribution in [3.8, 4) is 0 Å². The highest BCUT2D eigenvalue weighted by Gasteiger charge is 2.32. The third kappa shape index (κ3) is 4.70. The molecule has 1 saturated heterocycles. The van der Waals surface area contributed by atoms with Crippen LogP contribution >= 0.6 is 11.8 Å². The molecule has 3 rings (SSSR count). The van der Waals surface area contributed by atoms with Gasteiger partial charge in [0, 0.05) is 24.4 Å². The maximum atomic E-state index is 13.1. The fraction of sp³-hybridized carbons (Fsp3) is 0.429. The molecule has 2 heterocycles. The number of nitro benzene ring substituents is 1. The number of hydrogen-bond acceptors (Lipinski definition) is 5. The fourth-order valence-corrected chi connectivity index (χ4v) is 4.63. The van der Waals surface area contributed by atoms with Crippen molar-refractivity contribution in [2.75, 3.05) is 12.3 Å². The number of likely N-dealkylation sites (tertiary alicyclic amines) is 1. The summed E-state index contributed by atoms with van der Waals surface area (Å²) in [5.41, 5.74) is 1.24. The Hall–Kier alpha value is -2.41. The average molecular weight is 400 g/mol. The van der Waals surface area contributed by atoms with Gasteiger partial charge in [-0.05, 0) is 55.2 Å². The number of carbonyl (C=O) groups is 1. The number of hydrogen-bond donors (Lipinski definition) is 0. The number of carbonyl (C=O) groups excluding carboxylic acids is 1. The number of nitro groups is 1. The normalized spacial score (nSPS) is 16.5. The van der Waals surface area contributed by atoms with E-state index in [0.29, 0.717) is 22.9 Å². The minimum atomic E-state index is -0.394. The Bertz CT molecular complexity index is 842. The Balaban J connectivity index is 1.81. The van der Waals surface area contributed by atoms with Gasteiger partial charge >= 0.3 is 0 Å². The van der Waals surface area contributed by atoms with Crippen molar-refractivity contribution in [3.05, 3.63) is 64.0 Å². The van der Waals surface area contributed by atoms with Crippen molar-refractivity contribution in [2.24, 2.45) is 5.92 Å². The average Bonchev–Trinajstić information content (AvgIpc) is 3.17. The zero-order chi connectivity index (χ0) is 20.1. The molecule has 2 aromatic rings. The zero-order valence-electron chi connectivity index (χ0n) is 16.2. The maximum Gasteiger partial charge on any atom is 0.283 e. The Labute approximate surface area is 169 Å². The Morgan fingerprint density at radius 3 is 2.86 bits per heavy atom. The minimum absolute atomic E-state index is 0.00758. The van der Waals surface area contributed by atoms with Crippen LogP contribution in [0.2, 0.25) is 0 Å². The van der Waals surface area contributed by atoms with E-state index < -0.39 is 4.92 Å². The number of amides is 1. The summed E-state index contributed by atoms with van der Waals surface area (Å²) >= 11 is 1.48. The molecule has 0 aliphatic carbocycles. The minimum Gasteiger partial charge on any atom is -0.330 e. The van der Waals surface area contributed by atoms with Crippen molar-refractivity contribution in [3.63, 3.8) is 0 Å². The number of thioether (sulfide) groups is 1. The molecule has 28 heavy (non-hydrogen) atoms. The van der Waals surface area contributed by atoms with Crippen molar-refractivity contribution in [1.82, 2.24) is 9.88 Å². The van der Waals surface area contributed by atoms with E-state index in [1.165, 1.54) is 17.8 Å². The fourth-order valence-electron chi connectivity index (χ4n) is 3.38. The molecule has 1 amide bonds. The van der Waals surface area contributed by atoms with Gasteiger partial charge < -0.3 is 4.90 Å². The van der Waals surface area contributed by atoms with Gasteiger partial charge in [0.25, 0.3) is 11.6 Å². The zero-order valence-corrected chi connectivity index (χ0v) is 17.0. The highest BCUT2D eigenvalue weighted by atomic mass is 32.2. The molecule has 7 heteroatoms. The van der Waals surface area contributed by atoms with E-state index in [-0.39, 0.29) is 17.6 Å². The standard InChI is InChI=1S/C21H25N3O3S/c1-15(2)10-13-28-20-9-8-16(14-19(20)24(26)27)21(25)23-12-5-7-18(23)17-6-3-4-11-22-17/h3-4,6,8-9,11,14-15,18H,5,7,10,12-13H2,1-2H3. The van der Waals surface area contributed by atoms with E-state index >= 15 is 0 Å². The predicted molar refractivity (Wildman–Crippen MR) is 111 cm³/mol. The number of rotatable bonds is 7. The second kappa shape index (κ2) is 9.19. The van der Waals surface area contributed by atoms with Gasteiger partial charge in [-0.3, -0.25) is 19.9 Å². The van der Waals surface area contributed by atoms with Crippen LogP contribution in [-0.2, 0) is 0 Å². The molecule has 0 radical (unpaired) electrons. The summed E-state index contributed by atoms with van der Waals surface area (Å²) in [6, 6.07) is 10.5. The predicted octanol–water partition coefficient (Wildman–Crippen LogP) is 5.11. The first-order valence-corrected chi connectivity index (χ1v) is 10.6. The SMILES string of the molecule is CC(C)CCSc1ccc(C(=O)N2CCCC2c2ccccn2)cc1[N+](=O)[O-]. The molecule has 1 aromatic carbocycles. The highest BCUT2D eigenvalue weighted by Crippen LogP contribution is 2.35. The molecule has 1 aromatic heterocycles. The first kappa shape index (κ1) is 20.3. The smallest absolute Gasteiger partial charge is 0.283 e. The topological polar surface area (TPSA) is 76.3 Å². The lowest BCUT2D eigenvalue weighted by molar-refractivity contribution is -0.387. The summed E-state index contributed by atoms with van der Waals surface area (Å²) in [4.78, 5) is 31.0. The van der Waals surface area contributed by atoms with Crippen LogP contribution < -0.4 is 0 Å². The van der Waals surface area contributed by atoms with Gasteiger partial charge in [0.2, 0.25) is 0 Å². The molecular formula is C21H25N3O3S. The first-order valence-electron chi connectivity index (χ1n) is 9.60. The third-order valence-corrected chi connectivity index (χ3v) is 5.99. The molecule has 1 aliphatic rings. The van der Waals surface area contributed by atoms with Crippen LogP contribution in [0, 0.1) is 16.0 Å². The second-order valence-corrected chi connectivity index (χ2v) is 8.52. The van der Waals surface area contributed by atoms with Crippen LogP contribution in [-0.4, -0.2) is 33.0 Å². The summed E-state index contributed by atoms with van der Waals surface area (Å²) < 4.78 is 0. The molecule has 1 fully saturated rings. The van der Waals surface area contributed by atoms with E-state index in [1.54, 1.807) is 23.2 Å². The lowest BCUT2D eigenvalue weighted by Gasteiger charge is -2.24. The van der Waals surface area contributed by atoms with Crippen molar-refractivity contribution in [1.29, 1.82) is 0 Å². The van der Waals surface area contributed by atoms with Crippen molar-refractivity contribution in [2.45, 2.75) is 44.0 Å². The molecule has 1 aliphatic heterocycles. The van der Waals surface area contributed by atoms with Crippen LogP contribution in [0.4, 0.5) is 5.69 Å². The summed E-state index contributed by atoms with van der Waals surface area (Å²) in [6.07, 6.45) is 4.47. The second-order valence-electron chi connectivity index (χ2n) is 7.38. The Kier molecular flexibility index (Phi) is 6.67. The molecule has 0 N–H and O–H groups in total. The summed E-state index contributed by atoms with van der Waals surface area (Å²) in [5.74, 6) is 1.20. The Morgan fingerprint density at radius 2 is 2.18 bits per heavy atom. The van der Waals surface area contributed by atoms with Gasteiger partial charge in [-0.15, -0.1) is 11.8 Å². The largest absolute Gasteiger partial charge is 0.330 e. The van der Waals surface area contributed by atoms with Crippen LogP contribution in [0.25, 0.3) is 0 Å². The molecule has 148 valence electrons. The lowest BCUT2D eigenvalue weighted by Crippen LogP contribution is -2.31. The van der Waals surface area contributed by atoms with E-state index in [0.717, 1.165) is 30.7 Å². The molecule has 0 saturated carbocycles. The van der Waals surface area contributed by atoms with E-state index in [1.807, 2.05) is 18.2 Å².